The van der Waals surface area contributed by atoms with Gasteiger partial charge in [-0.25, -0.2) is 4.39 Å². The summed E-state index contributed by atoms with van der Waals surface area (Å²) in [5, 5.41) is 5.14. The van der Waals surface area contributed by atoms with Gasteiger partial charge < -0.3 is 10.2 Å². The summed E-state index contributed by atoms with van der Waals surface area (Å²) >= 11 is 6.31. The van der Waals surface area contributed by atoms with Crippen molar-refractivity contribution in [3.8, 4) is 11.1 Å². The molecule has 0 atom stereocenters. The molecule has 1 N–H and O–H groups in total. The van der Waals surface area contributed by atoms with Crippen molar-refractivity contribution in [1.29, 1.82) is 0 Å². The van der Waals surface area contributed by atoms with Crippen LogP contribution in [0.1, 0.15) is 67.3 Å². The number of carbonyl (C=O) groups excluding carboxylic acids is 1. The first-order valence-electron chi connectivity index (χ1n) is 13.9. The Balaban J connectivity index is 1.31. The van der Waals surface area contributed by atoms with E-state index in [1.54, 1.807) is 13.1 Å². The summed E-state index contributed by atoms with van der Waals surface area (Å²) < 4.78 is 14.5. The third kappa shape index (κ3) is 5.26. The number of benzene rings is 2. The number of halogens is 2. The summed E-state index contributed by atoms with van der Waals surface area (Å²) in [4.78, 5) is 20.6. The fourth-order valence-electron chi connectivity index (χ4n) is 6.12. The maximum atomic E-state index is 14.5. The van der Waals surface area contributed by atoms with Crippen molar-refractivity contribution < 1.29 is 9.18 Å². The van der Waals surface area contributed by atoms with Crippen LogP contribution in [0.2, 0.25) is 5.02 Å². The minimum atomic E-state index is -0.317. The van der Waals surface area contributed by atoms with Crippen LogP contribution >= 0.6 is 11.6 Å². The van der Waals surface area contributed by atoms with Crippen LogP contribution in [0.25, 0.3) is 22.0 Å². The van der Waals surface area contributed by atoms with E-state index in [0.29, 0.717) is 22.2 Å². The average Bonchev–Trinajstić information content (AvgIpc) is 3.64. The molecule has 2 heterocycles. The molecule has 0 unspecified atom stereocenters. The first-order valence-corrected chi connectivity index (χ1v) is 14.3. The van der Waals surface area contributed by atoms with Gasteiger partial charge in [-0.3, -0.25) is 9.78 Å². The van der Waals surface area contributed by atoms with E-state index in [2.05, 4.69) is 15.2 Å². The van der Waals surface area contributed by atoms with Crippen molar-refractivity contribution >= 4 is 34.0 Å². The van der Waals surface area contributed by atoms with Gasteiger partial charge in [0.1, 0.15) is 5.82 Å². The predicted octanol–water partition coefficient (Wildman–Crippen LogP) is 7.66. The summed E-state index contributed by atoms with van der Waals surface area (Å²) in [5.74, 6) is 0.756. The molecule has 3 fully saturated rings. The van der Waals surface area contributed by atoms with Gasteiger partial charge in [0.2, 0.25) is 0 Å². The molecule has 2 saturated carbocycles. The molecule has 6 rings (SSSR count). The van der Waals surface area contributed by atoms with Crippen molar-refractivity contribution in [2.24, 2.45) is 11.8 Å². The first kappa shape index (κ1) is 24.8. The van der Waals surface area contributed by atoms with E-state index in [4.69, 9.17) is 11.6 Å². The van der Waals surface area contributed by atoms with Crippen molar-refractivity contribution in [2.75, 3.05) is 25.0 Å². The summed E-state index contributed by atoms with van der Waals surface area (Å²) in [6.45, 7) is 5.43. The van der Waals surface area contributed by atoms with Crippen LogP contribution in [0, 0.1) is 24.6 Å². The Morgan fingerprint density at radius 2 is 1.81 bits per heavy atom. The van der Waals surface area contributed by atoms with E-state index < -0.39 is 0 Å². The third-order valence-corrected chi connectivity index (χ3v) is 9.00. The summed E-state index contributed by atoms with van der Waals surface area (Å²) in [5.41, 5.74) is 4.46. The number of Topliss-reactive ketones (excluding diaryl/α,β-unsaturated/α-hetero) is 1. The number of aromatic nitrogens is 1. The highest BCUT2D eigenvalue weighted by molar-refractivity contribution is 6.31. The Labute approximate surface area is 223 Å². The number of hydrogen-bond acceptors (Lipinski definition) is 4. The molecule has 2 aromatic carbocycles. The number of fused-ring (bicyclic) bond motifs is 1. The maximum Gasteiger partial charge on any atom is 0.169 e. The second-order valence-electron chi connectivity index (χ2n) is 11.4. The molecule has 1 aromatic heterocycles. The van der Waals surface area contributed by atoms with E-state index >= 15 is 0 Å². The average molecular weight is 520 g/mol. The Hall–Kier alpha value is -2.50. The van der Waals surface area contributed by atoms with Gasteiger partial charge in [-0.15, -0.1) is 0 Å². The number of carbonyl (C=O) groups is 1. The molecule has 1 saturated heterocycles. The van der Waals surface area contributed by atoms with Gasteiger partial charge in [0.05, 0.1) is 16.8 Å². The zero-order valence-electron chi connectivity index (χ0n) is 21.5. The Bertz CT molecular complexity index is 1300. The second kappa shape index (κ2) is 10.3. The highest BCUT2D eigenvalue weighted by Crippen LogP contribution is 2.39. The molecule has 194 valence electrons. The molecule has 3 aromatic rings. The quantitative estimate of drug-likeness (QED) is 0.325. The summed E-state index contributed by atoms with van der Waals surface area (Å²) in [6, 6.07) is 9.62. The van der Waals surface area contributed by atoms with Crippen LogP contribution in [0.3, 0.4) is 0 Å². The lowest BCUT2D eigenvalue weighted by atomic mass is 9.85. The number of ketones is 1. The molecule has 4 nitrogen and oxygen atoms in total. The topological polar surface area (TPSA) is 45.2 Å². The molecule has 0 bridgehead atoms. The van der Waals surface area contributed by atoms with Crippen molar-refractivity contribution in [3.63, 3.8) is 0 Å². The van der Waals surface area contributed by atoms with Gasteiger partial charge in [0, 0.05) is 40.7 Å². The molecular formula is C31H35ClFN3O. The lowest BCUT2D eigenvalue weighted by Gasteiger charge is -2.32. The largest absolute Gasteiger partial charge is 0.381 e. The van der Waals surface area contributed by atoms with Crippen molar-refractivity contribution in [1.82, 2.24) is 9.88 Å². The molecule has 0 spiro atoms. The van der Waals surface area contributed by atoms with Crippen LogP contribution in [-0.4, -0.2) is 41.3 Å². The van der Waals surface area contributed by atoms with Gasteiger partial charge in [0.15, 0.2) is 5.78 Å². The van der Waals surface area contributed by atoms with Gasteiger partial charge in [-0.2, -0.15) is 0 Å². The Morgan fingerprint density at radius 3 is 2.51 bits per heavy atom. The normalized spacial score (nSPS) is 22.5. The zero-order valence-corrected chi connectivity index (χ0v) is 22.3. The highest BCUT2D eigenvalue weighted by atomic mass is 35.5. The molecule has 2 aliphatic carbocycles. The number of anilines is 1. The Morgan fingerprint density at radius 1 is 1.05 bits per heavy atom. The number of rotatable bonds is 7. The number of likely N-dealkylation sites (tertiary alicyclic amines) is 1. The lowest BCUT2D eigenvalue weighted by Crippen LogP contribution is -2.33. The third-order valence-electron chi connectivity index (χ3n) is 8.61. The predicted molar refractivity (Wildman–Crippen MR) is 149 cm³/mol. The van der Waals surface area contributed by atoms with Crippen molar-refractivity contribution in [2.45, 2.75) is 64.3 Å². The lowest BCUT2D eigenvalue weighted by molar-refractivity contribution is 0.0968. The monoisotopic (exact) mass is 519 g/mol. The second-order valence-corrected chi connectivity index (χ2v) is 11.8. The number of pyridine rings is 1. The van der Waals surface area contributed by atoms with Crippen LogP contribution in [0.5, 0.6) is 0 Å². The van der Waals surface area contributed by atoms with Crippen LogP contribution in [-0.2, 0) is 0 Å². The Kier molecular flexibility index (Phi) is 6.93. The number of nitrogens with zero attached hydrogens (tertiary/aromatic N) is 2. The van der Waals surface area contributed by atoms with Crippen molar-refractivity contribution in [3.05, 3.63) is 58.5 Å². The highest BCUT2D eigenvalue weighted by Gasteiger charge is 2.33. The van der Waals surface area contributed by atoms with E-state index in [0.717, 1.165) is 59.3 Å². The molecule has 37 heavy (non-hydrogen) atoms. The van der Waals surface area contributed by atoms with E-state index in [9.17, 15) is 9.18 Å². The van der Waals surface area contributed by atoms with Crippen LogP contribution in [0.15, 0.2) is 36.5 Å². The number of nitrogens with one attached hydrogen (secondary N) is 1. The van der Waals surface area contributed by atoms with Gasteiger partial charge in [-0.1, -0.05) is 17.7 Å². The summed E-state index contributed by atoms with van der Waals surface area (Å²) in [7, 11) is 0. The number of hydrogen-bond donors (Lipinski definition) is 1. The molecule has 1 aliphatic heterocycles. The van der Waals surface area contributed by atoms with E-state index in [-0.39, 0.29) is 17.5 Å². The minimum Gasteiger partial charge on any atom is -0.381 e. The van der Waals surface area contributed by atoms with Gasteiger partial charge >= 0.3 is 0 Å². The van der Waals surface area contributed by atoms with Gasteiger partial charge in [-0.05, 0) is 113 Å². The van der Waals surface area contributed by atoms with Gasteiger partial charge in [0.25, 0.3) is 0 Å². The first-order chi connectivity index (χ1) is 18.0. The fourth-order valence-corrected chi connectivity index (χ4v) is 6.32. The van der Waals surface area contributed by atoms with E-state index in [1.807, 2.05) is 24.3 Å². The standard InChI is InChI=1S/C31H35ClFN3O/c1-19-27(32)15-23(16-28(19)33)22-8-11-29-25(14-22)30(26(17-34-29)31(37)21-6-7-21)35-24-9-4-20(5-10-24)18-36-12-2-3-13-36/h8,11,14-17,20-21,24H,2-7,9-10,12-13,18H2,1H3,(H,34,35). The maximum absolute atomic E-state index is 14.5. The molecular weight excluding hydrogens is 485 g/mol. The summed E-state index contributed by atoms with van der Waals surface area (Å²) in [6.07, 6.45) is 11.0. The van der Waals surface area contributed by atoms with Crippen LogP contribution < -0.4 is 5.32 Å². The smallest absolute Gasteiger partial charge is 0.169 e. The van der Waals surface area contributed by atoms with Crippen LogP contribution in [0.4, 0.5) is 10.1 Å². The SMILES string of the molecule is Cc1c(F)cc(-c2ccc3ncc(C(=O)C4CC4)c(NC4CCC(CN5CCCC5)CC4)c3c2)cc1Cl. The fraction of sp³-hybridized carbons (Fsp3) is 0.484. The molecule has 6 heteroatoms. The molecule has 0 amide bonds. The molecule has 3 aliphatic rings. The minimum absolute atomic E-state index is 0.115. The molecule has 0 radical (unpaired) electrons. The zero-order chi connectivity index (χ0) is 25.5. The van der Waals surface area contributed by atoms with E-state index in [1.165, 1.54) is 51.4 Å².